The van der Waals surface area contributed by atoms with Crippen molar-refractivity contribution in [2.24, 2.45) is 0 Å². The second kappa shape index (κ2) is 11.9. The number of benzene rings is 3. The maximum absolute atomic E-state index is 11.8. The van der Waals surface area contributed by atoms with E-state index < -0.39 is 0 Å². The molecule has 3 aromatic carbocycles. The quantitative estimate of drug-likeness (QED) is 0.279. The minimum atomic E-state index is -0.243. The Bertz CT molecular complexity index is 1010. The summed E-state index contributed by atoms with van der Waals surface area (Å²) in [6, 6.07) is 20.9. The van der Waals surface area contributed by atoms with Gasteiger partial charge in [-0.1, -0.05) is 55.3 Å². The fourth-order valence-electron chi connectivity index (χ4n) is 3.87. The van der Waals surface area contributed by atoms with E-state index in [4.69, 9.17) is 4.74 Å². The smallest absolute Gasteiger partial charge is 0.310 e. The molecule has 2 N–H and O–H groups in total. The van der Waals surface area contributed by atoms with E-state index in [9.17, 15) is 15.0 Å². The van der Waals surface area contributed by atoms with Crippen molar-refractivity contribution < 1.29 is 19.7 Å². The molecule has 3 rings (SSSR count). The standard InChI is InChI=1S/C28H32O4/c1-2-32-28(31)20-23-10-7-11-24(18-23)26-19-22(14-17-27(26)30)9-6-4-3-5-8-21-12-15-25(29)16-13-21/h7,10-19,29-30H,2-6,8-9,20H2,1H3. The van der Waals surface area contributed by atoms with Gasteiger partial charge in [0.2, 0.25) is 0 Å². The van der Waals surface area contributed by atoms with Gasteiger partial charge in [0.15, 0.2) is 0 Å². The molecule has 168 valence electrons. The van der Waals surface area contributed by atoms with Gasteiger partial charge in [-0.05, 0) is 79.1 Å². The zero-order valence-corrected chi connectivity index (χ0v) is 18.7. The van der Waals surface area contributed by atoms with Crippen LogP contribution < -0.4 is 0 Å². The highest BCUT2D eigenvalue weighted by Gasteiger charge is 2.09. The van der Waals surface area contributed by atoms with Crippen molar-refractivity contribution in [3.05, 3.63) is 83.4 Å². The Balaban J connectivity index is 1.52. The molecule has 4 nitrogen and oxygen atoms in total. The van der Waals surface area contributed by atoms with Crippen LogP contribution in [0.15, 0.2) is 66.7 Å². The van der Waals surface area contributed by atoms with Crippen LogP contribution in [-0.4, -0.2) is 22.8 Å². The summed E-state index contributed by atoms with van der Waals surface area (Å²) in [4.78, 5) is 11.8. The topological polar surface area (TPSA) is 66.8 Å². The Morgan fingerprint density at radius 3 is 2.19 bits per heavy atom. The van der Waals surface area contributed by atoms with E-state index in [1.807, 2.05) is 42.5 Å². The first-order chi connectivity index (χ1) is 15.5. The number of phenolic OH excluding ortho intramolecular Hbond substituents is 2. The molecule has 0 saturated heterocycles. The molecule has 0 aliphatic rings. The largest absolute Gasteiger partial charge is 0.508 e. The molecule has 0 atom stereocenters. The van der Waals surface area contributed by atoms with Gasteiger partial charge in [-0.2, -0.15) is 0 Å². The number of ether oxygens (including phenoxy) is 1. The summed E-state index contributed by atoms with van der Waals surface area (Å²) in [6.45, 7) is 2.17. The fraction of sp³-hybridized carbons (Fsp3) is 0.321. The highest BCUT2D eigenvalue weighted by atomic mass is 16.5. The van der Waals surface area contributed by atoms with Gasteiger partial charge in [0.1, 0.15) is 11.5 Å². The van der Waals surface area contributed by atoms with Crippen molar-refractivity contribution in [3.8, 4) is 22.6 Å². The Hall–Kier alpha value is -3.27. The molecule has 0 unspecified atom stereocenters. The van der Waals surface area contributed by atoms with E-state index in [1.54, 1.807) is 25.1 Å². The average molecular weight is 433 g/mol. The van der Waals surface area contributed by atoms with Crippen molar-refractivity contribution >= 4 is 5.97 Å². The Kier molecular flexibility index (Phi) is 8.73. The molecular formula is C28H32O4. The monoisotopic (exact) mass is 432 g/mol. The molecule has 0 fully saturated rings. The number of esters is 1. The summed E-state index contributed by atoms with van der Waals surface area (Å²) < 4.78 is 5.04. The molecule has 0 bridgehead atoms. The lowest BCUT2D eigenvalue weighted by molar-refractivity contribution is -0.142. The van der Waals surface area contributed by atoms with Crippen LogP contribution in [0.4, 0.5) is 0 Å². The third kappa shape index (κ3) is 7.16. The summed E-state index contributed by atoms with van der Waals surface area (Å²) >= 11 is 0. The summed E-state index contributed by atoms with van der Waals surface area (Å²) in [6.07, 6.45) is 6.79. The molecule has 0 spiro atoms. The second-order valence-electron chi connectivity index (χ2n) is 8.11. The van der Waals surface area contributed by atoms with Gasteiger partial charge < -0.3 is 14.9 Å². The van der Waals surface area contributed by atoms with Gasteiger partial charge in [0.25, 0.3) is 0 Å². The number of hydrogen-bond acceptors (Lipinski definition) is 4. The van der Waals surface area contributed by atoms with Crippen LogP contribution in [0.2, 0.25) is 0 Å². The summed E-state index contributed by atoms with van der Waals surface area (Å²) in [5.41, 5.74) is 5.03. The summed E-state index contributed by atoms with van der Waals surface area (Å²) in [5.74, 6) is 0.316. The molecule has 4 heteroatoms. The van der Waals surface area contributed by atoms with Gasteiger partial charge in [0, 0.05) is 5.56 Å². The molecule has 0 heterocycles. The Labute approximate surface area is 190 Å². The zero-order chi connectivity index (χ0) is 22.8. The van der Waals surface area contributed by atoms with Gasteiger partial charge in [0.05, 0.1) is 13.0 Å². The van der Waals surface area contributed by atoms with Gasteiger partial charge in [-0.15, -0.1) is 0 Å². The second-order valence-corrected chi connectivity index (χ2v) is 8.11. The van der Waals surface area contributed by atoms with Crippen molar-refractivity contribution in [2.45, 2.75) is 51.9 Å². The number of unbranched alkanes of at least 4 members (excludes halogenated alkanes) is 3. The Morgan fingerprint density at radius 2 is 1.47 bits per heavy atom. The van der Waals surface area contributed by atoms with Crippen LogP contribution in [0.1, 0.15) is 49.3 Å². The van der Waals surface area contributed by atoms with Gasteiger partial charge in [-0.25, -0.2) is 0 Å². The molecule has 0 saturated carbocycles. The Morgan fingerprint density at radius 1 is 0.781 bits per heavy atom. The number of carbonyl (C=O) groups excluding carboxylic acids is 1. The summed E-state index contributed by atoms with van der Waals surface area (Å²) in [7, 11) is 0. The number of hydrogen-bond donors (Lipinski definition) is 2. The molecule has 32 heavy (non-hydrogen) atoms. The van der Waals surface area contributed by atoms with E-state index in [2.05, 4.69) is 6.07 Å². The average Bonchev–Trinajstić information content (AvgIpc) is 2.78. The van der Waals surface area contributed by atoms with Crippen LogP contribution in [-0.2, 0) is 28.8 Å². The lowest BCUT2D eigenvalue weighted by atomic mass is 9.97. The SMILES string of the molecule is CCOC(=O)Cc1cccc(-c2cc(CCCCCCc3ccc(O)cc3)ccc2O)c1. The predicted octanol–water partition coefficient (Wildman–Crippen LogP) is 6.22. The van der Waals surface area contributed by atoms with Crippen molar-refractivity contribution in [1.29, 1.82) is 0 Å². The number of aromatic hydroxyl groups is 2. The van der Waals surface area contributed by atoms with E-state index in [-0.39, 0.29) is 18.1 Å². The van der Waals surface area contributed by atoms with E-state index >= 15 is 0 Å². The molecule has 0 aliphatic carbocycles. The maximum atomic E-state index is 11.8. The molecule has 0 aromatic heterocycles. The van der Waals surface area contributed by atoms with Crippen LogP contribution in [0.25, 0.3) is 11.1 Å². The normalized spacial score (nSPS) is 10.8. The van der Waals surface area contributed by atoms with Crippen molar-refractivity contribution in [3.63, 3.8) is 0 Å². The molecule has 0 aliphatic heterocycles. The highest BCUT2D eigenvalue weighted by molar-refractivity contribution is 5.75. The maximum Gasteiger partial charge on any atom is 0.310 e. The van der Waals surface area contributed by atoms with Crippen LogP contribution in [0, 0.1) is 0 Å². The van der Waals surface area contributed by atoms with Gasteiger partial charge in [-0.3, -0.25) is 4.79 Å². The molecular weight excluding hydrogens is 400 g/mol. The fourth-order valence-corrected chi connectivity index (χ4v) is 3.87. The number of phenols is 2. The third-order valence-electron chi connectivity index (χ3n) is 5.57. The third-order valence-corrected chi connectivity index (χ3v) is 5.57. The number of carbonyl (C=O) groups is 1. The van der Waals surface area contributed by atoms with E-state index in [1.165, 1.54) is 17.5 Å². The van der Waals surface area contributed by atoms with Crippen molar-refractivity contribution in [2.75, 3.05) is 6.61 Å². The minimum Gasteiger partial charge on any atom is -0.508 e. The first kappa shape index (κ1) is 23.4. The number of rotatable bonds is 11. The number of aryl methyl sites for hydroxylation is 2. The molecule has 0 radical (unpaired) electrons. The van der Waals surface area contributed by atoms with E-state index in [0.29, 0.717) is 12.4 Å². The minimum absolute atomic E-state index is 0.228. The van der Waals surface area contributed by atoms with E-state index in [0.717, 1.165) is 48.8 Å². The van der Waals surface area contributed by atoms with Gasteiger partial charge >= 0.3 is 5.97 Å². The highest BCUT2D eigenvalue weighted by Crippen LogP contribution is 2.31. The first-order valence-electron chi connectivity index (χ1n) is 11.4. The van der Waals surface area contributed by atoms with Crippen LogP contribution in [0.5, 0.6) is 11.5 Å². The predicted molar refractivity (Wildman–Crippen MR) is 128 cm³/mol. The first-order valence-corrected chi connectivity index (χ1v) is 11.4. The van der Waals surface area contributed by atoms with Crippen molar-refractivity contribution in [1.82, 2.24) is 0 Å². The molecule has 0 amide bonds. The lowest BCUT2D eigenvalue weighted by Gasteiger charge is -2.10. The zero-order valence-electron chi connectivity index (χ0n) is 18.7. The van der Waals surface area contributed by atoms with Crippen LogP contribution in [0.3, 0.4) is 0 Å². The summed E-state index contributed by atoms with van der Waals surface area (Å²) in [5, 5.41) is 19.8. The van der Waals surface area contributed by atoms with Crippen LogP contribution >= 0.6 is 0 Å². The molecule has 3 aromatic rings. The lowest BCUT2D eigenvalue weighted by Crippen LogP contribution is -2.07.